The van der Waals surface area contributed by atoms with E-state index < -0.39 is 0 Å². The topological polar surface area (TPSA) is 49.6 Å². The molecule has 0 aromatic carbocycles. The van der Waals surface area contributed by atoms with Gasteiger partial charge >= 0.3 is 0 Å². The van der Waals surface area contributed by atoms with Gasteiger partial charge in [-0.3, -0.25) is 4.79 Å². The number of hydrogen-bond acceptors (Lipinski definition) is 3. The molecule has 1 amide bonds. The van der Waals surface area contributed by atoms with Gasteiger partial charge in [0.05, 0.1) is 6.04 Å². The average molecular weight is 241 g/mol. The van der Waals surface area contributed by atoms with Crippen molar-refractivity contribution in [1.29, 1.82) is 0 Å². The SMILES string of the molecule is CCCCC(N)C(=O)N(C)C1CCCN(C)C1. The predicted octanol–water partition coefficient (Wildman–Crippen LogP) is 1.06. The van der Waals surface area contributed by atoms with Gasteiger partial charge in [-0.1, -0.05) is 19.8 Å². The van der Waals surface area contributed by atoms with E-state index in [1.807, 2.05) is 11.9 Å². The van der Waals surface area contributed by atoms with Crippen LogP contribution in [-0.2, 0) is 4.79 Å². The molecule has 17 heavy (non-hydrogen) atoms. The van der Waals surface area contributed by atoms with Crippen LogP contribution in [-0.4, -0.2) is 55.0 Å². The molecule has 0 bridgehead atoms. The number of rotatable bonds is 5. The molecule has 0 aromatic heterocycles. The molecule has 1 heterocycles. The molecule has 1 saturated heterocycles. The van der Waals surface area contributed by atoms with E-state index >= 15 is 0 Å². The fourth-order valence-corrected chi connectivity index (χ4v) is 2.44. The molecule has 1 fully saturated rings. The number of nitrogens with two attached hydrogens (primary N) is 1. The summed E-state index contributed by atoms with van der Waals surface area (Å²) < 4.78 is 0. The molecular formula is C13H27N3O. The highest BCUT2D eigenvalue weighted by Crippen LogP contribution is 2.14. The van der Waals surface area contributed by atoms with Crippen molar-refractivity contribution in [3.05, 3.63) is 0 Å². The summed E-state index contributed by atoms with van der Waals surface area (Å²) in [5.74, 6) is 0.110. The van der Waals surface area contributed by atoms with Crippen LogP contribution in [0.4, 0.5) is 0 Å². The first-order valence-electron chi connectivity index (χ1n) is 6.77. The Morgan fingerprint density at radius 2 is 2.29 bits per heavy atom. The standard InChI is InChI=1S/C13H27N3O/c1-4-5-8-12(14)13(17)16(3)11-7-6-9-15(2)10-11/h11-12H,4-10,14H2,1-3H3. The largest absolute Gasteiger partial charge is 0.340 e. The van der Waals surface area contributed by atoms with E-state index in [9.17, 15) is 4.79 Å². The van der Waals surface area contributed by atoms with Crippen molar-refractivity contribution in [2.24, 2.45) is 5.73 Å². The number of amides is 1. The lowest BCUT2D eigenvalue weighted by Gasteiger charge is -2.36. The molecule has 100 valence electrons. The second kappa shape index (κ2) is 6.97. The third kappa shape index (κ3) is 4.28. The van der Waals surface area contributed by atoms with Gasteiger partial charge in [0.25, 0.3) is 0 Å². The summed E-state index contributed by atoms with van der Waals surface area (Å²) in [7, 11) is 4.01. The fourth-order valence-electron chi connectivity index (χ4n) is 2.44. The molecule has 0 aliphatic carbocycles. The minimum Gasteiger partial charge on any atom is -0.340 e. The van der Waals surface area contributed by atoms with E-state index in [0.29, 0.717) is 6.04 Å². The lowest BCUT2D eigenvalue weighted by molar-refractivity contribution is -0.134. The highest BCUT2D eigenvalue weighted by atomic mass is 16.2. The van der Waals surface area contributed by atoms with Crippen molar-refractivity contribution in [1.82, 2.24) is 9.80 Å². The molecule has 0 radical (unpaired) electrons. The highest BCUT2D eigenvalue weighted by Gasteiger charge is 2.27. The van der Waals surface area contributed by atoms with Crippen LogP contribution < -0.4 is 5.73 Å². The number of carbonyl (C=O) groups is 1. The maximum atomic E-state index is 12.1. The maximum Gasteiger partial charge on any atom is 0.239 e. The minimum absolute atomic E-state index is 0.110. The monoisotopic (exact) mass is 241 g/mol. The highest BCUT2D eigenvalue weighted by molar-refractivity contribution is 5.81. The summed E-state index contributed by atoms with van der Waals surface area (Å²) in [6.07, 6.45) is 5.21. The summed E-state index contributed by atoms with van der Waals surface area (Å²) in [6.45, 7) is 4.24. The average Bonchev–Trinajstić information content (AvgIpc) is 2.34. The van der Waals surface area contributed by atoms with E-state index in [2.05, 4.69) is 18.9 Å². The van der Waals surface area contributed by atoms with Crippen LogP contribution in [0.2, 0.25) is 0 Å². The maximum absolute atomic E-state index is 12.1. The first kappa shape index (κ1) is 14.5. The van der Waals surface area contributed by atoms with Crippen LogP contribution >= 0.6 is 0 Å². The van der Waals surface area contributed by atoms with Gasteiger partial charge < -0.3 is 15.5 Å². The van der Waals surface area contributed by atoms with Gasteiger partial charge in [-0.15, -0.1) is 0 Å². The number of likely N-dealkylation sites (N-methyl/N-ethyl adjacent to an activating group) is 2. The Kier molecular flexibility index (Phi) is 5.92. The lowest BCUT2D eigenvalue weighted by atomic mass is 10.0. The van der Waals surface area contributed by atoms with Crippen LogP contribution in [0.25, 0.3) is 0 Å². The Hall–Kier alpha value is -0.610. The van der Waals surface area contributed by atoms with Crippen molar-refractivity contribution in [3.63, 3.8) is 0 Å². The van der Waals surface area contributed by atoms with E-state index in [1.54, 1.807) is 0 Å². The molecule has 1 aliphatic rings. The summed E-state index contributed by atoms with van der Waals surface area (Å²) >= 11 is 0. The zero-order chi connectivity index (χ0) is 12.8. The van der Waals surface area contributed by atoms with Crippen molar-refractivity contribution in [3.8, 4) is 0 Å². The van der Waals surface area contributed by atoms with Gasteiger partial charge in [-0.25, -0.2) is 0 Å². The van der Waals surface area contributed by atoms with E-state index in [0.717, 1.165) is 38.8 Å². The Morgan fingerprint density at radius 3 is 2.88 bits per heavy atom. The minimum atomic E-state index is -0.313. The molecule has 4 nitrogen and oxygen atoms in total. The Morgan fingerprint density at radius 1 is 1.59 bits per heavy atom. The molecule has 1 aliphatic heterocycles. The fraction of sp³-hybridized carbons (Fsp3) is 0.923. The molecule has 1 rings (SSSR count). The number of carbonyl (C=O) groups excluding carboxylic acids is 1. The Labute approximate surface area is 105 Å². The summed E-state index contributed by atoms with van der Waals surface area (Å²) in [5, 5.41) is 0. The number of hydrogen-bond donors (Lipinski definition) is 1. The summed E-state index contributed by atoms with van der Waals surface area (Å²) in [4.78, 5) is 16.3. The van der Waals surface area contributed by atoms with Crippen molar-refractivity contribution in [2.45, 2.75) is 51.1 Å². The van der Waals surface area contributed by atoms with Crippen LogP contribution in [0.1, 0.15) is 39.0 Å². The molecule has 2 N–H and O–H groups in total. The van der Waals surface area contributed by atoms with Gasteiger partial charge in [0.2, 0.25) is 5.91 Å². The van der Waals surface area contributed by atoms with Crippen molar-refractivity contribution < 1.29 is 4.79 Å². The molecule has 0 aromatic rings. The second-order valence-corrected chi connectivity index (χ2v) is 5.26. The Balaban J connectivity index is 2.44. The molecular weight excluding hydrogens is 214 g/mol. The van der Waals surface area contributed by atoms with Gasteiger partial charge in [0.15, 0.2) is 0 Å². The van der Waals surface area contributed by atoms with Gasteiger partial charge in [-0.05, 0) is 32.9 Å². The van der Waals surface area contributed by atoms with Crippen LogP contribution in [0.3, 0.4) is 0 Å². The number of nitrogens with zero attached hydrogens (tertiary/aromatic N) is 2. The number of unbranched alkanes of at least 4 members (excludes halogenated alkanes) is 1. The first-order chi connectivity index (χ1) is 8.06. The van der Waals surface area contributed by atoms with E-state index in [-0.39, 0.29) is 11.9 Å². The van der Waals surface area contributed by atoms with Gasteiger partial charge in [0.1, 0.15) is 0 Å². The third-order valence-electron chi connectivity index (χ3n) is 3.68. The summed E-state index contributed by atoms with van der Waals surface area (Å²) in [6, 6.07) is 0.0288. The third-order valence-corrected chi connectivity index (χ3v) is 3.68. The molecule has 4 heteroatoms. The van der Waals surface area contributed by atoms with Crippen molar-refractivity contribution >= 4 is 5.91 Å². The second-order valence-electron chi connectivity index (χ2n) is 5.26. The molecule has 0 saturated carbocycles. The summed E-state index contributed by atoms with van der Waals surface area (Å²) in [5.41, 5.74) is 5.94. The van der Waals surface area contributed by atoms with E-state index in [1.165, 1.54) is 6.42 Å². The normalized spacial score (nSPS) is 23.4. The zero-order valence-corrected chi connectivity index (χ0v) is 11.5. The first-order valence-corrected chi connectivity index (χ1v) is 6.77. The van der Waals surface area contributed by atoms with Crippen LogP contribution in [0.5, 0.6) is 0 Å². The predicted molar refractivity (Wildman–Crippen MR) is 70.8 cm³/mol. The van der Waals surface area contributed by atoms with Crippen LogP contribution in [0, 0.1) is 0 Å². The smallest absolute Gasteiger partial charge is 0.239 e. The Bertz CT molecular complexity index is 245. The quantitative estimate of drug-likeness (QED) is 0.783. The zero-order valence-electron chi connectivity index (χ0n) is 11.5. The van der Waals surface area contributed by atoms with Crippen molar-refractivity contribution in [2.75, 3.05) is 27.2 Å². The molecule has 0 spiro atoms. The van der Waals surface area contributed by atoms with E-state index in [4.69, 9.17) is 5.73 Å². The van der Waals surface area contributed by atoms with Crippen LogP contribution in [0.15, 0.2) is 0 Å². The van der Waals surface area contributed by atoms with Gasteiger partial charge in [0, 0.05) is 19.6 Å². The number of piperidine rings is 1. The molecule has 2 atom stereocenters. The molecule has 2 unspecified atom stereocenters. The number of likely N-dealkylation sites (tertiary alicyclic amines) is 1. The van der Waals surface area contributed by atoms with Gasteiger partial charge in [-0.2, -0.15) is 0 Å². The lowest BCUT2D eigenvalue weighted by Crippen LogP contribution is -2.51.